The molecule has 0 aromatic rings. The Labute approximate surface area is 103 Å². The van der Waals surface area contributed by atoms with Crippen LogP contribution in [0.4, 0.5) is 0 Å². The Morgan fingerprint density at radius 3 is 2.09 bits per heavy atom. The van der Waals surface area contributed by atoms with E-state index >= 15 is 0 Å². The van der Waals surface area contributed by atoms with E-state index < -0.39 is 0 Å². The third-order valence-electron chi connectivity index (χ3n) is 1.96. The van der Waals surface area contributed by atoms with Crippen molar-refractivity contribution in [1.82, 2.24) is 0 Å². The SMILES string of the molecule is CC1=CC[C]([Zr+2][SiH3])=C1C.[Br-].[Br-]. The van der Waals surface area contributed by atoms with Gasteiger partial charge in [0.25, 0.3) is 0 Å². The van der Waals surface area contributed by atoms with Crippen molar-refractivity contribution in [2.75, 3.05) is 0 Å². The minimum absolute atomic E-state index is 0. The van der Waals surface area contributed by atoms with Gasteiger partial charge < -0.3 is 34.0 Å². The number of hydrogen-bond donors (Lipinski definition) is 0. The Morgan fingerprint density at radius 2 is 1.91 bits per heavy atom. The minimum Gasteiger partial charge on any atom is -1.00 e. The van der Waals surface area contributed by atoms with Crippen LogP contribution in [0.2, 0.25) is 0 Å². The molecule has 62 valence electrons. The fourth-order valence-electron chi connectivity index (χ4n) is 1.09. The largest absolute Gasteiger partial charge is 1.00 e. The summed E-state index contributed by atoms with van der Waals surface area (Å²) in [6.07, 6.45) is 3.69. The summed E-state index contributed by atoms with van der Waals surface area (Å²) in [6.45, 7) is 4.52. The Bertz CT molecular complexity index is 187. The summed E-state index contributed by atoms with van der Waals surface area (Å²) in [7, 11) is 1.49. The first-order chi connectivity index (χ1) is 4.25. The second-order valence-electron chi connectivity index (χ2n) is 2.44. The van der Waals surface area contributed by atoms with Crippen LogP contribution in [0.1, 0.15) is 20.3 Å². The van der Waals surface area contributed by atoms with Crippen LogP contribution in [0.3, 0.4) is 0 Å². The van der Waals surface area contributed by atoms with E-state index in [1.54, 1.807) is 11.1 Å². The first kappa shape index (κ1) is 15.0. The Morgan fingerprint density at radius 1 is 1.36 bits per heavy atom. The number of hydrogen-bond acceptors (Lipinski definition) is 0. The maximum atomic E-state index is 2.38. The number of halogens is 2. The Balaban J connectivity index is 0. The van der Waals surface area contributed by atoms with Gasteiger partial charge >= 0.3 is 70.5 Å². The fourth-order valence-corrected chi connectivity index (χ4v) is 6.67. The van der Waals surface area contributed by atoms with Crippen molar-refractivity contribution in [2.24, 2.45) is 0 Å². The average Bonchev–Trinajstić information content (AvgIpc) is 2.15. The van der Waals surface area contributed by atoms with E-state index in [0.717, 1.165) is 0 Å². The van der Waals surface area contributed by atoms with Crippen molar-refractivity contribution in [1.29, 1.82) is 0 Å². The smallest absolute Gasteiger partial charge is 1.00 e. The fraction of sp³-hybridized carbons (Fsp3) is 0.429. The van der Waals surface area contributed by atoms with Crippen molar-refractivity contribution >= 4 is 7.37 Å². The maximum absolute atomic E-state index is 2.38. The molecule has 0 aliphatic heterocycles. The molecule has 0 amide bonds. The van der Waals surface area contributed by atoms with Crippen molar-refractivity contribution in [3.8, 4) is 0 Å². The molecule has 0 atom stereocenters. The third-order valence-corrected chi connectivity index (χ3v) is 8.44. The van der Waals surface area contributed by atoms with E-state index in [2.05, 4.69) is 19.9 Å². The maximum Gasteiger partial charge on any atom is -1.00 e. The van der Waals surface area contributed by atoms with Crippen LogP contribution < -0.4 is 34.0 Å². The van der Waals surface area contributed by atoms with Crippen LogP contribution in [-0.2, 0) is 22.4 Å². The molecule has 1 aliphatic carbocycles. The van der Waals surface area contributed by atoms with E-state index in [9.17, 15) is 0 Å². The Kier molecular flexibility index (Phi) is 9.56. The van der Waals surface area contributed by atoms with Gasteiger partial charge in [-0.2, -0.15) is 0 Å². The summed E-state index contributed by atoms with van der Waals surface area (Å²) in [4.78, 5) is 0. The van der Waals surface area contributed by atoms with Gasteiger partial charge in [-0.15, -0.1) is 0 Å². The first-order valence-corrected chi connectivity index (χ1v) is 12.9. The van der Waals surface area contributed by atoms with Crippen LogP contribution in [0.25, 0.3) is 0 Å². The average molecular weight is 375 g/mol. The zero-order valence-corrected chi connectivity index (χ0v) is 14.7. The zero-order chi connectivity index (χ0) is 6.85. The molecular formula is C7H12Br2SiZr. The molecular weight excluding hydrogens is 363 g/mol. The molecule has 4 heteroatoms. The predicted octanol–water partition coefficient (Wildman–Crippen LogP) is -5.02. The zero-order valence-electron chi connectivity index (χ0n) is 7.04. The van der Waals surface area contributed by atoms with Gasteiger partial charge in [0.15, 0.2) is 0 Å². The van der Waals surface area contributed by atoms with Gasteiger partial charge in [0.2, 0.25) is 0 Å². The van der Waals surface area contributed by atoms with E-state index in [1.165, 1.54) is 13.8 Å². The molecule has 0 nitrogen and oxygen atoms in total. The predicted molar refractivity (Wildman–Crippen MR) is 41.0 cm³/mol. The van der Waals surface area contributed by atoms with Gasteiger partial charge in [-0.1, -0.05) is 0 Å². The van der Waals surface area contributed by atoms with Crippen LogP contribution in [0.5, 0.6) is 0 Å². The molecule has 0 bridgehead atoms. The molecule has 0 radical (unpaired) electrons. The monoisotopic (exact) mass is 372 g/mol. The van der Waals surface area contributed by atoms with Gasteiger partial charge in [-0.05, 0) is 0 Å². The van der Waals surface area contributed by atoms with Crippen molar-refractivity contribution in [2.45, 2.75) is 20.3 Å². The molecule has 0 saturated heterocycles. The molecule has 0 heterocycles. The van der Waals surface area contributed by atoms with Gasteiger partial charge in [0.05, 0.1) is 0 Å². The molecule has 11 heavy (non-hydrogen) atoms. The van der Waals surface area contributed by atoms with Crippen LogP contribution in [0, 0.1) is 0 Å². The third kappa shape index (κ3) is 3.84. The van der Waals surface area contributed by atoms with E-state index in [1.807, 2.05) is 3.28 Å². The first-order valence-electron chi connectivity index (χ1n) is 3.30. The van der Waals surface area contributed by atoms with Crippen molar-refractivity contribution in [3.63, 3.8) is 0 Å². The molecule has 1 aliphatic rings. The van der Waals surface area contributed by atoms with Crippen molar-refractivity contribution in [3.05, 3.63) is 20.5 Å². The molecule has 0 spiro atoms. The summed E-state index contributed by atoms with van der Waals surface area (Å²) >= 11 is 0.0350. The summed E-state index contributed by atoms with van der Waals surface area (Å²) in [6, 6.07) is 0. The van der Waals surface area contributed by atoms with E-state index in [4.69, 9.17) is 0 Å². The standard InChI is InChI=1S/C7H9.2BrH.H3Si.Zr/c1-6-4-3-5-7(6)2;;;;/h4H,3H2,1-2H3;2*1H;1H3;/q;;;;+2/p-2. The molecule has 0 unspecified atom stereocenters. The van der Waals surface area contributed by atoms with Crippen molar-refractivity contribution < 1.29 is 56.4 Å². The van der Waals surface area contributed by atoms with Crippen LogP contribution in [0.15, 0.2) is 20.5 Å². The number of rotatable bonds is 1. The molecule has 0 saturated carbocycles. The topological polar surface area (TPSA) is 0 Å². The molecule has 0 fully saturated rings. The van der Waals surface area contributed by atoms with Crippen LogP contribution >= 0.6 is 0 Å². The molecule has 0 aromatic heterocycles. The quantitative estimate of drug-likeness (QED) is 0.403. The summed E-state index contributed by atoms with van der Waals surface area (Å²) < 4.78 is 1.85. The normalized spacial score (nSPS) is 14.9. The van der Waals surface area contributed by atoms with Gasteiger partial charge in [0.1, 0.15) is 0 Å². The van der Waals surface area contributed by atoms with E-state index in [-0.39, 0.29) is 56.4 Å². The van der Waals surface area contributed by atoms with E-state index in [0.29, 0.717) is 0 Å². The Hall–Kier alpha value is 1.54. The summed E-state index contributed by atoms with van der Waals surface area (Å²) in [5.41, 5.74) is 3.18. The minimum atomic E-state index is 0. The summed E-state index contributed by atoms with van der Waals surface area (Å²) in [5.74, 6) is 0. The summed E-state index contributed by atoms with van der Waals surface area (Å²) in [5, 5.41) is 0. The number of allylic oxidation sites excluding steroid dienone is 4. The second-order valence-corrected chi connectivity index (χ2v) is 8.12. The molecule has 0 N–H and O–H groups in total. The van der Waals surface area contributed by atoms with Gasteiger partial charge in [0, 0.05) is 0 Å². The van der Waals surface area contributed by atoms with Gasteiger partial charge in [-0.25, -0.2) is 0 Å². The molecule has 0 aromatic carbocycles. The van der Waals surface area contributed by atoms with Gasteiger partial charge in [-0.3, -0.25) is 0 Å². The molecule has 1 rings (SSSR count). The van der Waals surface area contributed by atoms with Crippen LogP contribution in [-0.4, -0.2) is 7.37 Å². The second kappa shape index (κ2) is 6.99.